The maximum absolute atomic E-state index is 13.7. The quantitative estimate of drug-likeness (QED) is 0.228. The van der Waals surface area contributed by atoms with Gasteiger partial charge in [0.05, 0.1) is 17.1 Å². The molecule has 1 aromatic heterocycles. The van der Waals surface area contributed by atoms with Gasteiger partial charge in [0.25, 0.3) is 5.56 Å². The Bertz CT molecular complexity index is 1680. The molecular formula is C33H31N3O2. The van der Waals surface area contributed by atoms with Gasteiger partial charge in [-0.1, -0.05) is 91.6 Å². The summed E-state index contributed by atoms with van der Waals surface area (Å²) in [6.07, 6.45) is 7.36. The van der Waals surface area contributed by atoms with E-state index in [4.69, 9.17) is 14.8 Å². The lowest BCUT2D eigenvalue weighted by atomic mass is 9.88. The van der Waals surface area contributed by atoms with E-state index < -0.39 is 0 Å². The third-order valence-corrected chi connectivity index (χ3v) is 7.50. The molecule has 1 fully saturated rings. The van der Waals surface area contributed by atoms with Crippen molar-refractivity contribution in [3.05, 3.63) is 118 Å². The molecule has 6 rings (SSSR count). The largest absolute Gasteiger partial charge is 0.488 e. The van der Waals surface area contributed by atoms with E-state index in [2.05, 4.69) is 49.4 Å². The molecule has 4 aromatic carbocycles. The third kappa shape index (κ3) is 4.84. The van der Waals surface area contributed by atoms with Gasteiger partial charge in [-0.2, -0.15) is 9.78 Å². The molecule has 0 atom stereocenters. The fraction of sp³-hybridized carbons (Fsp3) is 0.242. The lowest BCUT2D eigenvalue weighted by Crippen LogP contribution is -2.25. The highest BCUT2D eigenvalue weighted by atomic mass is 16.5. The molecule has 190 valence electrons. The van der Waals surface area contributed by atoms with Crippen LogP contribution < -0.4 is 10.3 Å². The van der Waals surface area contributed by atoms with E-state index in [-0.39, 0.29) is 11.5 Å². The molecule has 5 heteroatoms. The normalized spacial score (nSPS) is 14.4. The lowest BCUT2D eigenvalue weighted by Gasteiger charge is -2.22. The SMILES string of the molecule is Cc1ccc(COc2ccc3ccccc3c2C=Nn2c(C3CCCCC3)nc3ccccc3c2=O)cc1. The number of rotatable bonds is 6. The topological polar surface area (TPSA) is 56.5 Å². The van der Waals surface area contributed by atoms with Gasteiger partial charge in [-0.15, -0.1) is 0 Å². The van der Waals surface area contributed by atoms with Crippen LogP contribution in [0.2, 0.25) is 0 Å². The summed E-state index contributed by atoms with van der Waals surface area (Å²) in [6.45, 7) is 2.53. The monoisotopic (exact) mass is 501 g/mol. The summed E-state index contributed by atoms with van der Waals surface area (Å²) >= 11 is 0. The van der Waals surface area contributed by atoms with Gasteiger partial charge in [-0.25, -0.2) is 4.98 Å². The molecule has 0 unspecified atom stereocenters. The average molecular weight is 502 g/mol. The van der Waals surface area contributed by atoms with Crippen LogP contribution in [0.3, 0.4) is 0 Å². The van der Waals surface area contributed by atoms with Crippen LogP contribution in [0.1, 0.15) is 60.5 Å². The first-order valence-corrected chi connectivity index (χ1v) is 13.4. The molecular weight excluding hydrogens is 470 g/mol. The van der Waals surface area contributed by atoms with Crippen LogP contribution in [0.4, 0.5) is 0 Å². The predicted molar refractivity (Wildman–Crippen MR) is 154 cm³/mol. The van der Waals surface area contributed by atoms with Crippen molar-refractivity contribution in [3.63, 3.8) is 0 Å². The molecule has 1 heterocycles. The second-order valence-corrected chi connectivity index (χ2v) is 10.2. The average Bonchev–Trinajstić information content (AvgIpc) is 2.97. The molecule has 0 aliphatic heterocycles. The van der Waals surface area contributed by atoms with Gasteiger partial charge in [0.15, 0.2) is 0 Å². The van der Waals surface area contributed by atoms with Crippen molar-refractivity contribution < 1.29 is 4.74 Å². The van der Waals surface area contributed by atoms with E-state index in [1.165, 1.54) is 16.7 Å². The number of nitrogens with zero attached hydrogens (tertiary/aromatic N) is 3. The standard InChI is InChI=1S/C33H31N3O2/c1-23-15-17-24(18-16-23)22-38-31-20-19-25-9-5-6-12-27(25)29(31)21-34-36-32(26-10-3-2-4-11-26)35-30-14-8-7-13-28(30)33(36)37/h5-9,12-21,26H,2-4,10-11,22H2,1H3. The van der Waals surface area contributed by atoms with Crippen LogP contribution in [0, 0.1) is 6.92 Å². The summed E-state index contributed by atoms with van der Waals surface area (Å²) in [4.78, 5) is 18.6. The zero-order valence-corrected chi connectivity index (χ0v) is 21.6. The number of aryl methyl sites for hydroxylation is 1. The van der Waals surface area contributed by atoms with E-state index in [1.807, 2.05) is 42.5 Å². The Kier molecular flexibility index (Phi) is 6.74. The number of hydrogen-bond acceptors (Lipinski definition) is 4. The summed E-state index contributed by atoms with van der Waals surface area (Å²) in [5, 5.41) is 7.51. The minimum Gasteiger partial charge on any atom is -0.488 e. The molecule has 1 saturated carbocycles. The Labute approximate surface area is 222 Å². The Balaban J connectivity index is 1.45. The van der Waals surface area contributed by atoms with E-state index in [0.29, 0.717) is 12.0 Å². The first kappa shape index (κ1) is 24.1. The van der Waals surface area contributed by atoms with Crippen molar-refractivity contribution in [1.82, 2.24) is 9.66 Å². The van der Waals surface area contributed by atoms with Gasteiger partial charge >= 0.3 is 0 Å². The zero-order valence-electron chi connectivity index (χ0n) is 21.6. The van der Waals surface area contributed by atoms with Crippen molar-refractivity contribution in [2.75, 3.05) is 0 Å². The van der Waals surface area contributed by atoms with Gasteiger partial charge in [0, 0.05) is 11.5 Å². The smallest absolute Gasteiger partial charge is 0.282 e. The maximum atomic E-state index is 13.7. The van der Waals surface area contributed by atoms with Crippen LogP contribution in [-0.2, 0) is 6.61 Å². The van der Waals surface area contributed by atoms with Crippen LogP contribution >= 0.6 is 0 Å². The van der Waals surface area contributed by atoms with Gasteiger partial charge in [-0.05, 0) is 54.3 Å². The Morgan fingerprint density at radius 1 is 0.895 bits per heavy atom. The Hall–Kier alpha value is -4.25. The van der Waals surface area contributed by atoms with E-state index in [0.717, 1.165) is 64.7 Å². The van der Waals surface area contributed by atoms with E-state index in [1.54, 1.807) is 6.21 Å². The van der Waals surface area contributed by atoms with Gasteiger partial charge < -0.3 is 4.74 Å². The summed E-state index contributed by atoms with van der Waals surface area (Å²) < 4.78 is 7.84. The molecule has 38 heavy (non-hydrogen) atoms. The summed E-state index contributed by atoms with van der Waals surface area (Å²) in [6, 6.07) is 28.1. The minimum atomic E-state index is -0.130. The second kappa shape index (κ2) is 10.6. The summed E-state index contributed by atoms with van der Waals surface area (Å²) in [5.41, 5.74) is 3.77. The summed E-state index contributed by atoms with van der Waals surface area (Å²) in [7, 11) is 0. The Morgan fingerprint density at radius 2 is 1.63 bits per heavy atom. The fourth-order valence-corrected chi connectivity index (χ4v) is 5.37. The number of ether oxygens (including phenoxy) is 1. The number of para-hydroxylation sites is 1. The van der Waals surface area contributed by atoms with Crippen molar-refractivity contribution in [3.8, 4) is 5.75 Å². The van der Waals surface area contributed by atoms with Crippen LogP contribution in [-0.4, -0.2) is 15.9 Å². The summed E-state index contributed by atoms with van der Waals surface area (Å²) in [5.74, 6) is 1.71. The zero-order chi connectivity index (χ0) is 25.9. The maximum Gasteiger partial charge on any atom is 0.282 e. The van der Waals surface area contributed by atoms with Crippen molar-refractivity contribution >= 4 is 27.9 Å². The lowest BCUT2D eigenvalue weighted by molar-refractivity contribution is 0.306. The number of aromatic nitrogens is 2. The predicted octanol–water partition coefficient (Wildman–Crippen LogP) is 7.37. The molecule has 1 aliphatic rings. The molecule has 0 bridgehead atoms. The van der Waals surface area contributed by atoms with Crippen molar-refractivity contribution in [1.29, 1.82) is 0 Å². The number of fused-ring (bicyclic) bond motifs is 2. The van der Waals surface area contributed by atoms with Crippen molar-refractivity contribution in [2.45, 2.75) is 51.6 Å². The molecule has 0 radical (unpaired) electrons. The first-order valence-electron chi connectivity index (χ1n) is 13.4. The Morgan fingerprint density at radius 3 is 2.45 bits per heavy atom. The van der Waals surface area contributed by atoms with Crippen LogP contribution in [0.25, 0.3) is 21.7 Å². The fourth-order valence-electron chi connectivity index (χ4n) is 5.37. The van der Waals surface area contributed by atoms with Crippen LogP contribution in [0.5, 0.6) is 5.75 Å². The number of hydrogen-bond donors (Lipinski definition) is 0. The molecule has 0 spiro atoms. The molecule has 0 amide bonds. The third-order valence-electron chi connectivity index (χ3n) is 7.50. The highest BCUT2D eigenvalue weighted by Gasteiger charge is 2.22. The molecule has 0 N–H and O–H groups in total. The molecule has 0 saturated heterocycles. The van der Waals surface area contributed by atoms with Gasteiger partial charge in [-0.3, -0.25) is 4.79 Å². The van der Waals surface area contributed by atoms with Gasteiger partial charge in [0.2, 0.25) is 0 Å². The van der Waals surface area contributed by atoms with Gasteiger partial charge in [0.1, 0.15) is 18.2 Å². The van der Waals surface area contributed by atoms with E-state index >= 15 is 0 Å². The van der Waals surface area contributed by atoms with Crippen LogP contribution in [0.15, 0.2) is 94.8 Å². The minimum absolute atomic E-state index is 0.130. The van der Waals surface area contributed by atoms with E-state index in [9.17, 15) is 4.79 Å². The molecule has 5 nitrogen and oxygen atoms in total. The number of benzene rings is 4. The highest BCUT2D eigenvalue weighted by molar-refractivity contribution is 6.02. The first-order chi connectivity index (χ1) is 18.7. The highest BCUT2D eigenvalue weighted by Crippen LogP contribution is 2.32. The second-order valence-electron chi connectivity index (χ2n) is 10.2. The van der Waals surface area contributed by atoms with Crippen molar-refractivity contribution in [2.24, 2.45) is 5.10 Å². The molecule has 1 aliphatic carbocycles. The molecule has 5 aromatic rings.